The molecule has 114 valence electrons. The van der Waals surface area contributed by atoms with E-state index in [-0.39, 0.29) is 11.9 Å². The maximum absolute atomic E-state index is 12.5. The number of halogens is 1. The van der Waals surface area contributed by atoms with Gasteiger partial charge in [0.05, 0.1) is 6.04 Å². The lowest BCUT2D eigenvalue weighted by molar-refractivity contribution is -0.121. The second kappa shape index (κ2) is 6.63. The number of rotatable bonds is 3. The Morgan fingerprint density at radius 1 is 1.18 bits per heavy atom. The molecule has 0 aliphatic carbocycles. The maximum Gasteiger partial charge on any atom is 0.241 e. The Morgan fingerprint density at radius 3 is 2.73 bits per heavy atom. The van der Waals surface area contributed by atoms with Crippen LogP contribution in [0.15, 0.2) is 53.0 Å². The molecule has 1 amide bonds. The van der Waals surface area contributed by atoms with Crippen LogP contribution in [0.1, 0.15) is 18.1 Å². The zero-order valence-electron chi connectivity index (χ0n) is 12.6. The summed E-state index contributed by atoms with van der Waals surface area (Å²) < 4.78 is 0.963. The van der Waals surface area contributed by atoms with E-state index >= 15 is 0 Å². The molecule has 22 heavy (non-hydrogen) atoms. The number of benzene rings is 2. The highest BCUT2D eigenvalue weighted by atomic mass is 79.9. The Balaban J connectivity index is 1.67. The van der Waals surface area contributed by atoms with E-state index in [1.54, 1.807) is 0 Å². The van der Waals surface area contributed by atoms with E-state index < -0.39 is 0 Å². The topological polar surface area (TPSA) is 32.3 Å². The second-order valence-electron chi connectivity index (χ2n) is 5.66. The number of amides is 1. The Kier molecular flexibility index (Phi) is 4.60. The standard InChI is InChI=1S/C18H19BrN2O/c1-13(18(22)20-17-8-4-7-16(19)11-17)21-10-9-14-5-2-3-6-15(14)12-21/h2-8,11,13H,9-10,12H2,1H3,(H,20,22)/t13-/m1/s1. The van der Waals surface area contributed by atoms with E-state index in [4.69, 9.17) is 0 Å². The van der Waals surface area contributed by atoms with Crippen LogP contribution in [0.3, 0.4) is 0 Å². The van der Waals surface area contributed by atoms with Crippen molar-refractivity contribution in [1.82, 2.24) is 4.90 Å². The summed E-state index contributed by atoms with van der Waals surface area (Å²) in [6.07, 6.45) is 1.00. The third kappa shape index (κ3) is 3.39. The fourth-order valence-electron chi connectivity index (χ4n) is 2.83. The first-order chi connectivity index (χ1) is 10.6. The van der Waals surface area contributed by atoms with Gasteiger partial charge < -0.3 is 5.32 Å². The first-order valence-corrected chi connectivity index (χ1v) is 8.30. The molecule has 4 heteroatoms. The van der Waals surface area contributed by atoms with Crippen molar-refractivity contribution < 1.29 is 4.79 Å². The smallest absolute Gasteiger partial charge is 0.241 e. The summed E-state index contributed by atoms with van der Waals surface area (Å²) in [5.41, 5.74) is 3.55. The molecule has 0 fully saturated rings. The van der Waals surface area contributed by atoms with Gasteiger partial charge in [0, 0.05) is 23.2 Å². The van der Waals surface area contributed by atoms with Gasteiger partial charge in [-0.05, 0) is 42.7 Å². The number of carbonyl (C=O) groups excluding carboxylic acids is 1. The van der Waals surface area contributed by atoms with Gasteiger partial charge in [-0.3, -0.25) is 9.69 Å². The van der Waals surface area contributed by atoms with Gasteiger partial charge in [-0.15, -0.1) is 0 Å². The summed E-state index contributed by atoms with van der Waals surface area (Å²) in [6.45, 7) is 3.73. The molecule has 0 aromatic heterocycles. The third-order valence-corrected chi connectivity index (χ3v) is 4.67. The SMILES string of the molecule is C[C@H](C(=O)Nc1cccc(Br)c1)N1CCc2ccccc2C1. The van der Waals surface area contributed by atoms with Crippen LogP contribution < -0.4 is 5.32 Å². The molecular weight excluding hydrogens is 340 g/mol. The lowest BCUT2D eigenvalue weighted by atomic mass is 9.99. The van der Waals surface area contributed by atoms with Gasteiger partial charge >= 0.3 is 0 Å². The highest BCUT2D eigenvalue weighted by Gasteiger charge is 2.25. The van der Waals surface area contributed by atoms with E-state index in [2.05, 4.69) is 50.4 Å². The normalized spacial score (nSPS) is 15.9. The lowest BCUT2D eigenvalue weighted by Crippen LogP contribution is -2.44. The monoisotopic (exact) mass is 358 g/mol. The van der Waals surface area contributed by atoms with Gasteiger partial charge in [0.25, 0.3) is 0 Å². The van der Waals surface area contributed by atoms with Gasteiger partial charge in [0.1, 0.15) is 0 Å². The molecule has 1 N–H and O–H groups in total. The van der Waals surface area contributed by atoms with Gasteiger partial charge in [-0.25, -0.2) is 0 Å². The molecule has 0 saturated carbocycles. The Morgan fingerprint density at radius 2 is 1.95 bits per heavy atom. The highest BCUT2D eigenvalue weighted by Crippen LogP contribution is 2.21. The molecule has 0 spiro atoms. The predicted molar refractivity (Wildman–Crippen MR) is 92.8 cm³/mol. The van der Waals surface area contributed by atoms with Crippen LogP contribution in [0, 0.1) is 0 Å². The molecule has 1 atom stereocenters. The van der Waals surface area contributed by atoms with E-state index in [0.29, 0.717) is 0 Å². The van der Waals surface area contributed by atoms with Crippen LogP contribution in [0.25, 0.3) is 0 Å². The molecule has 1 heterocycles. The number of carbonyl (C=O) groups is 1. The average molecular weight is 359 g/mol. The van der Waals surface area contributed by atoms with Gasteiger partial charge in [-0.1, -0.05) is 46.3 Å². The van der Waals surface area contributed by atoms with Crippen LogP contribution in [0.5, 0.6) is 0 Å². The van der Waals surface area contributed by atoms with Crippen molar-refractivity contribution in [2.45, 2.75) is 25.9 Å². The number of fused-ring (bicyclic) bond motifs is 1. The minimum atomic E-state index is -0.146. The quantitative estimate of drug-likeness (QED) is 0.903. The Hall–Kier alpha value is -1.65. The van der Waals surface area contributed by atoms with E-state index in [1.807, 2.05) is 31.2 Å². The number of hydrogen-bond acceptors (Lipinski definition) is 2. The number of nitrogens with one attached hydrogen (secondary N) is 1. The van der Waals surface area contributed by atoms with Crippen LogP contribution in [-0.2, 0) is 17.8 Å². The fraction of sp³-hybridized carbons (Fsp3) is 0.278. The van der Waals surface area contributed by atoms with Gasteiger partial charge in [-0.2, -0.15) is 0 Å². The fourth-order valence-corrected chi connectivity index (χ4v) is 3.23. The second-order valence-corrected chi connectivity index (χ2v) is 6.58. The molecule has 3 nitrogen and oxygen atoms in total. The van der Waals surface area contributed by atoms with Gasteiger partial charge in [0.15, 0.2) is 0 Å². The molecule has 1 aliphatic heterocycles. The van der Waals surface area contributed by atoms with E-state index in [1.165, 1.54) is 11.1 Å². The summed E-state index contributed by atoms with van der Waals surface area (Å²) in [5.74, 6) is 0.0393. The molecular formula is C18H19BrN2O. The van der Waals surface area contributed by atoms with Crippen molar-refractivity contribution in [3.63, 3.8) is 0 Å². The predicted octanol–water partition coefficient (Wildman–Crippen LogP) is 3.83. The van der Waals surface area contributed by atoms with Gasteiger partial charge in [0.2, 0.25) is 5.91 Å². The van der Waals surface area contributed by atoms with Crippen molar-refractivity contribution in [2.24, 2.45) is 0 Å². The summed E-state index contributed by atoms with van der Waals surface area (Å²) in [4.78, 5) is 14.7. The van der Waals surface area contributed by atoms with Crippen LogP contribution in [-0.4, -0.2) is 23.4 Å². The largest absolute Gasteiger partial charge is 0.325 e. The Bertz CT molecular complexity index is 686. The van der Waals surface area contributed by atoms with Crippen LogP contribution >= 0.6 is 15.9 Å². The number of anilines is 1. The first kappa shape index (κ1) is 15.3. The number of nitrogens with zero attached hydrogens (tertiary/aromatic N) is 1. The number of hydrogen-bond donors (Lipinski definition) is 1. The minimum absolute atomic E-state index is 0.0393. The van der Waals surface area contributed by atoms with Crippen molar-refractivity contribution in [3.05, 3.63) is 64.1 Å². The third-order valence-electron chi connectivity index (χ3n) is 4.18. The summed E-state index contributed by atoms with van der Waals surface area (Å²) in [7, 11) is 0. The first-order valence-electron chi connectivity index (χ1n) is 7.51. The van der Waals surface area contributed by atoms with Crippen molar-refractivity contribution in [3.8, 4) is 0 Å². The summed E-state index contributed by atoms with van der Waals surface area (Å²) in [6, 6.07) is 16.0. The maximum atomic E-state index is 12.5. The van der Waals surface area contributed by atoms with Crippen LogP contribution in [0.2, 0.25) is 0 Å². The molecule has 2 aromatic rings. The Labute approximate surface area is 139 Å². The van der Waals surface area contributed by atoms with Crippen LogP contribution in [0.4, 0.5) is 5.69 Å². The molecule has 0 radical (unpaired) electrons. The zero-order valence-corrected chi connectivity index (χ0v) is 14.1. The average Bonchev–Trinajstić information content (AvgIpc) is 2.53. The molecule has 1 aliphatic rings. The zero-order chi connectivity index (χ0) is 15.5. The molecule has 3 rings (SSSR count). The van der Waals surface area contributed by atoms with Crippen molar-refractivity contribution in [1.29, 1.82) is 0 Å². The van der Waals surface area contributed by atoms with Crippen molar-refractivity contribution in [2.75, 3.05) is 11.9 Å². The van der Waals surface area contributed by atoms with E-state index in [0.717, 1.165) is 29.7 Å². The summed E-state index contributed by atoms with van der Waals surface area (Å²) >= 11 is 3.42. The molecule has 0 unspecified atom stereocenters. The molecule has 2 aromatic carbocycles. The lowest BCUT2D eigenvalue weighted by Gasteiger charge is -2.32. The van der Waals surface area contributed by atoms with Crippen molar-refractivity contribution >= 4 is 27.5 Å². The summed E-state index contributed by atoms with van der Waals surface area (Å²) in [5, 5.41) is 2.99. The van der Waals surface area contributed by atoms with E-state index in [9.17, 15) is 4.79 Å². The molecule has 0 saturated heterocycles. The highest BCUT2D eigenvalue weighted by molar-refractivity contribution is 9.10. The minimum Gasteiger partial charge on any atom is -0.325 e. The molecule has 0 bridgehead atoms.